The van der Waals surface area contributed by atoms with E-state index in [1.165, 1.54) is 22.6 Å². The zero-order valence-electron chi connectivity index (χ0n) is 19.7. The summed E-state index contributed by atoms with van der Waals surface area (Å²) in [5.74, 6) is -1.57. The fraction of sp³-hybridized carbons (Fsp3) is 0.385. The van der Waals surface area contributed by atoms with Gasteiger partial charge >= 0.3 is 29.6 Å². The van der Waals surface area contributed by atoms with Gasteiger partial charge in [0.15, 0.2) is 0 Å². The van der Waals surface area contributed by atoms with Crippen molar-refractivity contribution in [2.75, 3.05) is 0 Å². The van der Waals surface area contributed by atoms with Gasteiger partial charge in [0, 0.05) is 40.2 Å². The van der Waals surface area contributed by atoms with Gasteiger partial charge in [-0.15, -0.1) is 11.3 Å². The zero-order chi connectivity index (χ0) is 23.7. The average molecular weight is 492 g/mol. The number of halogens is 1. The van der Waals surface area contributed by atoms with Crippen LogP contribution in [0.4, 0.5) is 4.39 Å². The third kappa shape index (κ3) is 5.78. The Balaban J connectivity index is 0.00000324. The van der Waals surface area contributed by atoms with Crippen LogP contribution in [0.25, 0.3) is 27.4 Å². The predicted molar refractivity (Wildman–Crippen MR) is 126 cm³/mol. The van der Waals surface area contributed by atoms with Gasteiger partial charge in [-0.3, -0.25) is 0 Å². The van der Waals surface area contributed by atoms with Crippen LogP contribution in [-0.4, -0.2) is 33.4 Å². The van der Waals surface area contributed by atoms with Crippen molar-refractivity contribution < 1.29 is 54.1 Å². The monoisotopic (exact) mass is 491 g/mol. The molecule has 0 radical (unpaired) electrons. The molecule has 34 heavy (non-hydrogen) atoms. The molecule has 2 N–H and O–H groups in total. The maximum absolute atomic E-state index is 13.7. The molecule has 0 fully saturated rings. The number of thiophene rings is 1. The summed E-state index contributed by atoms with van der Waals surface area (Å²) in [5.41, 5.74) is 4.88. The molecule has 4 rings (SSSR count). The quantitative estimate of drug-likeness (QED) is 0.459. The number of aliphatic hydroxyl groups is 2. The van der Waals surface area contributed by atoms with E-state index in [-0.39, 0.29) is 47.7 Å². The number of aliphatic hydroxyl groups excluding tert-OH is 2. The Morgan fingerprint density at radius 1 is 1.24 bits per heavy atom. The third-order valence-corrected chi connectivity index (χ3v) is 7.19. The molecule has 0 bridgehead atoms. The molecule has 0 unspecified atom stereocenters. The smallest absolute Gasteiger partial charge is 0.550 e. The van der Waals surface area contributed by atoms with Crippen molar-refractivity contribution in [1.82, 2.24) is 4.98 Å². The van der Waals surface area contributed by atoms with Crippen LogP contribution in [0.5, 0.6) is 0 Å². The Hall–Kier alpha value is -1.61. The zero-order valence-corrected chi connectivity index (χ0v) is 22.5. The molecule has 1 aliphatic carbocycles. The van der Waals surface area contributed by atoms with Crippen molar-refractivity contribution in [3.63, 3.8) is 0 Å². The molecule has 2 atom stereocenters. The molecule has 2 heterocycles. The summed E-state index contributed by atoms with van der Waals surface area (Å²) in [6, 6.07) is 6.43. The Morgan fingerprint density at radius 3 is 2.59 bits per heavy atom. The Bertz CT molecular complexity index is 1210. The minimum Gasteiger partial charge on any atom is -0.550 e. The molecule has 0 saturated heterocycles. The Labute approximate surface area is 224 Å². The minimum atomic E-state index is -1.36. The van der Waals surface area contributed by atoms with E-state index in [2.05, 4.69) is 13.8 Å². The first kappa shape index (κ1) is 27.0. The summed E-state index contributed by atoms with van der Waals surface area (Å²) in [7, 11) is 0. The molecule has 5 nitrogen and oxygen atoms in total. The predicted octanol–water partition coefficient (Wildman–Crippen LogP) is 0.984. The number of pyridine rings is 1. The number of benzene rings is 1. The van der Waals surface area contributed by atoms with Crippen molar-refractivity contribution in [1.29, 1.82) is 0 Å². The summed E-state index contributed by atoms with van der Waals surface area (Å²) in [6.07, 6.45) is 3.61. The van der Waals surface area contributed by atoms with Crippen LogP contribution in [0.15, 0.2) is 30.3 Å². The topological polar surface area (TPSA) is 93.5 Å². The molecule has 0 amide bonds. The van der Waals surface area contributed by atoms with Crippen LogP contribution in [0.3, 0.4) is 0 Å². The number of carbonyl (C=O) groups excluding carboxylic acids is 1. The number of fused-ring (bicyclic) bond motifs is 3. The summed E-state index contributed by atoms with van der Waals surface area (Å²) < 4.78 is 13.7. The maximum atomic E-state index is 13.7. The van der Waals surface area contributed by atoms with E-state index in [0.717, 1.165) is 51.9 Å². The normalized spacial score (nSPS) is 15.0. The second-order valence-corrected chi connectivity index (χ2v) is 9.96. The second kappa shape index (κ2) is 11.4. The van der Waals surface area contributed by atoms with Gasteiger partial charge in [-0.1, -0.05) is 38.1 Å². The van der Waals surface area contributed by atoms with E-state index in [9.17, 15) is 24.5 Å². The van der Waals surface area contributed by atoms with E-state index in [0.29, 0.717) is 0 Å². The number of aromatic nitrogens is 1. The number of carboxylic acid groups (broad SMARTS) is 1. The number of carboxylic acids is 1. The van der Waals surface area contributed by atoms with Crippen LogP contribution < -0.4 is 34.7 Å². The van der Waals surface area contributed by atoms with Crippen LogP contribution >= 0.6 is 11.3 Å². The standard InChI is InChI=1S/C26H28FNO4S.Na/c1-14(2)25-20(11-10-17(29)12-18(30)13-22(31)32)23(15-6-8-16(27)9-7-15)24-19-4-3-5-21(19)33-26(24)28-25;/h6-11,14,17-18,29-30H,3-5,12-13H2,1-2H3,(H,31,32);/q;+1/p-1/b11-10+;/t17-,18-;/m1./s1. The van der Waals surface area contributed by atoms with E-state index in [1.807, 2.05) is 0 Å². The number of nitrogens with zero attached hydrogens (tertiary/aromatic N) is 1. The number of aryl methyl sites for hydroxylation is 2. The molecule has 3 aromatic rings. The van der Waals surface area contributed by atoms with E-state index in [4.69, 9.17) is 4.98 Å². The first-order valence-corrected chi connectivity index (χ1v) is 12.0. The third-order valence-electron chi connectivity index (χ3n) is 6.00. The van der Waals surface area contributed by atoms with E-state index in [1.54, 1.807) is 35.6 Å². The summed E-state index contributed by atoms with van der Waals surface area (Å²) in [5, 5.41) is 32.1. The summed E-state index contributed by atoms with van der Waals surface area (Å²) in [6.45, 7) is 4.11. The molecule has 1 aromatic carbocycles. The minimum absolute atomic E-state index is 0. The summed E-state index contributed by atoms with van der Waals surface area (Å²) in [4.78, 5) is 18.0. The fourth-order valence-corrected chi connectivity index (χ4v) is 5.80. The molecular weight excluding hydrogens is 464 g/mol. The van der Waals surface area contributed by atoms with Crippen LogP contribution in [0.2, 0.25) is 0 Å². The van der Waals surface area contributed by atoms with Crippen LogP contribution in [-0.2, 0) is 17.6 Å². The number of hydrogen-bond donors (Lipinski definition) is 2. The number of hydrogen-bond acceptors (Lipinski definition) is 6. The molecule has 2 aromatic heterocycles. The largest absolute Gasteiger partial charge is 1.00 e. The fourth-order valence-electron chi connectivity index (χ4n) is 4.52. The van der Waals surface area contributed by atoms with E-state index < -0.39 is 24.6 Å². The number of rotatable bonds is 8. The maximum Gasteiger partial charge on any atom is 1.00 e. The SMILES string of the molecule is CC(C)c1nc2sc3c(c2c(-c2ccc(F)cc2)c1/C=C/[C@@H](O)C[C@@H](O)CC(=O)[O-])CCC3.[Na+]. The van der Waals surface area contributed by atoms with Gasteiger partial charge in [-0.05, 0) is 48.4 Å². The van der Waals surface area contributed by atoms with Gasteiger partial charge in [-0.2, -0.15) is 0 Å². The van der Waals surface area contributed by atoms with Crippen molar-refractivity contribution in [2.45, 2.75) is 64.1 Å². The molecule has 0 spiro atoms. The van der Waals surface area contributed by atoms with E-state index >= 15 is 0 Å². The van der Waals surface area contributed by atoms with Crippen molar-refractivity contribution in [3.05, 3.63) is 57.9 Å². The molecule has 8 heteroatoms. The molecule has 0 aliphatic heterocycles. The van der Waals surface area contributed by atoms with Gasteiger partial charge in [-0.25, -0.2) is 9.37 Å². The molecule has 1 aliphatic rings. The average Bonchev–Trinajstić information content (AvgIpc) is 3.32. The summed E-state index contributed by atoms with van der Waals surface area (Å²) >= 11 is 1.72. The number of aliphatic carboxylic acids is 1. The second-order valence-electron chi connectivity index (χ2n) is 8.88. The number of carbonyl (C=O) groups is 1. The van der Waals surface area contributed by atoms with Gasteiger partial charge in [0.05, 0.1) is 17.9 Å². The van der Waals surface area contributed by atoms with Crippen LogP contribution in [0, 0.1) is 5.82 Å². The first-order chi connectivity index (χ1) is 15.7. The molecule has 0 saturated carbocycles. The Kier molecular flexibility index (Phi) is 9.06. The molecular formula is C26H27FNNaO4S. The van der Waals surface area contributed by atoms with Crippen molar-refractivity contribution in [2.24, 2.45) is 0 Å². The molecule has 174 valence electrons. The van der Waals surface area contributed by atoms with Gasteiger partial charge in [0.25, 0.3) is 0 Å². The van der Waals surface area contributed by atoms with Gasteiger partial charge in [0.2, 0.25) is 0 Å². The van der Waals surface area contributed by atoms with Crippen LogP contribution in [0.1, 0.15) is 60.7 Å². The Morgan fingerprint density at radius 2 is 1.94 bits per heavy atom. The van der Waals surface area contributed by atoms with Crippen molar-refractivity contribution >= 4 is 33.6 Å². The van der Waals surface area contributed by atoms with Gasteiger partial charge < -0.3 is 20.1 Å². The first-order valence-electron chi connectivity index (χ1n) is 11.2. The van der Waals surface area contributed by atoms with Crippen molar-refractivity contribution in [3.8, 4) is 11.1 Å². The van der Waals surface area contributed by atoms with Gasteiger partial charge in [0.1, 0.15) is 10.6 Å².